The Balaban J connectivity index is 2.25. The zero-order valence-electron chi connectivity index (χ0n) is 5.89. The van der Waals surface area contributed by atoms with E-state index in [1.54, 1.807) is 0 Å². The van der Waals surface area contributed by atoms with Crippen molar-refractivity contribution in [3.05, 3.63) is 0 Å². The summed E-state index contributed by atoms with van der Waals surface area (Å²) < 4.78 is 0. The summed E-state index contributed by atoms with van der Waals surface area (Å²) in [6, 6.07) is 0. The van der Waals surface area contributed by atoms with Crippen molar-refractivity contribution in [2.24, 2.45) is 11.8 Å². The van der Waals surface area contributed by atoms with Gasteiger partial charge >= 0.3 is 0 Å². The van der Waals surface area contributed by atoms with E-state index in [-0.39, 0.29) is 5.91 Å². The Labute approximate surface area is 60.1 Å². The van der Waals surface area contributed by atoms with Crippen LogP contribution in [-0.2, 0) is 4.79 Å². The number of carbonyl (C=O) groups excluding carboxylic acids is 1. The Bertz CT molecular complexity index is 124. The fraction of sp³-hybridized carbons (Fsp3) is 0.833. The average Bonchev–Trinajstić information content (AvgIpc) is 1.88. The molecular weight excluding hydrogens is 130 g/mol. The third-order valence-electron chi connectivity index (χ3n) is 1.76. The number of hydrogen-bond donors (Lipinski definition) is 3. The van der Waals surface area contributed by atoms with E-state index in [4.69, 9.17) is 5.84 Å². The minimum atomic E-state index is 0.145. The van der Waals surface area contributed by atoms with Crippen molar-refractivity contribution in [1.82, 2.24) is 10.7 Å². The summed E-state index contributed by atoms with van der Waals surface area (Å²) >= 11 is 0. The molecule has 0 radical (unpaired) electrons. The molecule has 1 amide bonds. The van der Waals surface area contributed by atoms with Gasteiger partial charge in [0, 0.05) is 19.5 Å². The summed E-state index contributed by atoms with van der Waals surface area (Å²) in [4.78, 5) is 10.8. The van der Waals surface area contributed by atoms with E-state index >= 15 is 0 Å². The molecule has 10 heavy (non-hydrogen) atoms. The Morgan fingerprint density at radius 2 is 2.60 bits per heavy atom. The number of carbonyl (C=O) groups is 1. The lowest BCUT2D eigenvalue weighted by Gasteiger charge is -2.20. The summed E-state index contributed by atoms with van der Waals surface area (Å²) in [6.07, 6.45) is 1.65. The molecule has 58 valence electrons. The Hall–Kier alpha value is -0.610. The van der Waals surface area contributed by atoms with Crippen LogP contribution in [0.5, 0.6) is 0 Å². The predicted molar refractivity (Wildman–Crippen MR) is 37.9 cm³/mol. The van der Waals surface area contributed by atoms with Gasteiger partial charge in [0.2, 0.25) is 5.91 Å². The van der Waals surface area contributed by atoms with Gasteiger partial charge in [-0.2, -0.15) is 0 Å². The van der Waals surface area contributed by atoms with Crippen molar-refractivity contribution >= 4 is 5.91 Å². The number of rotatable bonds is 2. The molecule has 4 nitrogen and oxygen atoms in total. The van der Waals surface area contributed by atoms with Gasteiger partial charge in [0.05, 0.1) is 0 Å². The number of hydrazine groups is 1. The maximum absolute atomic E-state index is 10.8. The van der Waals surface area contributed by atoms with E-state index < -0.39 is 0 Å². The molecule has 0 bridgehead atoms. The molecule has 4 N–H and O–H groups in total. The van der Waals surface area contributed by atoms with E-state index in [1.165, 1.54) is 0 Å². The minimum absolute atomic E-state index is 0.145. The number of nitrogens with two attached hydrogens (primary N) is 1. The second kappa shape index (κ2) is 3.53. The molecule has 1 unspecified atom stereocenters. The lowest BCUT2D eigenvalue weighted by Crippen LogP contribution is -2.39. The molecule has 0 saturated carbocycles. The van der Waals surface area contributed by atoms with Crippen LogP contribution in [0, 0.1) is 5.92 Å². The van der Waals surface area contributed by atoms with Gasteiger partial charge in [-0.1, -0.05) is 0 Å². The highest BCUT2D eigenvalue weighted by Gasteiger charge is 2.17. The molecule has 1 atom stereocenters. The maximum atomic E-state index is 10.8. The molecule has 1 saturated heterocycles. The van der Waals surface area contributed by atoms with E-state index in [9.17, 15) is 4.79 Å². The maximum Gasteiger partial charge on any atom is 0.220 e. The lowest BCUT2D eigenvalue weighted by molar-refractivity contribution is -0.123. The first-order valence-electron chi connectivity index (χ1n) is 3.53. The second-order valence-electron chi connectivity index (χ2n) is 2.62. The van der Waals surface area contributed by atoms with Crippen LogP contribution in [0.15, 0.2) is 0 Å². The van der Waals surface area contributed by atoms with Crippen molar-refractivity contribution in [1.29, 1.82) is 0 Å². The molecule has 0 spiro atoms. The topological polar surface area (TPSA) is 67.2 Å². The Kier molecular flexibility index (Phi) is 2.65. The zero-order chi connectivity index (χ0) is 7.40. The van der Waals surface area contributed by atoms with Crippen LogP contribution in [0.1, 0.15) is 12.8 Å². The third-order valence-corrected chi connectivity index (χ3v) is 1.76. The van der Waals surface area contributed by atoms with Crippen molar-refractivity contribution < 1.29 is 4.79 Å². The van der Waals surface area contributed by atoms with Crippen LogP contribution in [0.2, 0.25) is 0 Å². The zero-order valence-corrected chi connectivity index (χ0v) is 5.89. The van der Waals surface area contributed by atoms with Crippen molar-refractivity contribution in [2.45, 2.75) is 12.8 Å². The molecular formula is C6H13N3O. The van der Waals surface area contributed by atoms with Crippen molar-refractivity contribution in [3.8, 4) is 0 Å². The third kappa shape index (κ3) is 1.97. The Morgan fingerprint density at radius 1 is 1.80 bits per heavy atom. The number of amides is 1. The van der Waals surface area contributed by atoms with Gasteiger partial charge in [0.25, 0.3) is 0 Å². The SMILES string of the molecule is NNCC1CCNC(=O)C1. The smallest absolute Gasteiger partial charge is 0.220 e. The molecule has 4 heteroatoms. The first-order chi connectivity index (χ1) is 4.83. The summed E-state index contributed by atoms with van der Waals surface area (Å²) in [6.45, 7) is 1.54. The predicted octanol–water partition coefficient (Wildman–Crippen LogP) is -1.02. The van der Waals surface area contributed by atoms with Crippen molar-refractivity contribution in [2.75, 3.05) is 13.1 Å². The first kappa shape index (κ1) is 7.50. The fourth-order valence-corrected chi connectivity index (χ4v) is 1.19. The summed E-state index contributed by atoms with van der Waals surface area (Å²) in [7, 11) is 0. The van der Waals surface area contributed by atoms with Crippen LogP contribution in [-0.4, -0.2) is 19.0 Å². The summed E-state index contributed by atoms with van der Waals surface area (Å²) in [5.74, 6) is 5.70. The van der Waals surface area contributed by atoms with Crippen molar-refractivity contribution in [3.63, 3.8) is 0 Å². The van der Waals surface area contributed by atoms with E-state index in [0.717, 1.165) is 19.5 Å². The van der Waals surface area contributed by atoms with Crippen LogP contribution in [0.4, 0.5) is 0 Å². The molecule has 1 rings (SSSR count). The molecule has 1 fully saturated rings. The monoisotopic (exact) mass is 143 g/mol. The van der Waals surface area contributed by atoms with Gasteiger partial charge in [0.15, 0.2) is 0 Å². The molecule has 0 aromatic rings. The number of hydrogen-bond acceptors (Lipinski definition) is 3. The average molecular weight is 143 g/mol. The second-order valence-corrected chi connectivity index (χ2v) is 2.62. The standard InChI is InChI=1S/C6H13N3O/c7-9-4-5-1-2-8-6(10)3-5/h5,9H,1-4,7H2,(H,8,10). The van der Waals surface area contributed by atoms with Gasteiger partial charge in [-0.3, -0.25) is 16.1 Å². The van der Waals surface area contributed by atoms with Gasteiger partial charge in [-0.25, -0.2) is 0 Å². The molecule has 1 aliphatic heterocycles. The van der Waals surface area contributed by atoms with Crippen LogP contribution in [0.25, 0.3) is 0 Å². The molecule has 0 aromatic carbocycles. The highest BCUT2D eigenvalue weighted by molar-refractivity contribution is 5.76. The summed E-state index contributed by atoms with van der Waals surface area (Å²) in [5.41, 5.74) is 2.58. The molecule has 1 heterocycles. The largest absolute Gasteiger partial charge is 0.356 e. The van der Waals surface area contributed by atoms with Crippen LogP contribution < -0.4 is 16.6 Å². The molecule has 0 aliphatic carbocycles. The van der Waals surface area contributed by atoms with Gasteiger partial charge in [-0.15, -0.1) is 0 Å². The van der Waals surface area contributed by atoms with E-state index in [2.05, 4.69) is 10.7 Å². The highest BCUT2D eigenvalue weighted by atomic mass is 16.1. The quantitative estimate of drug-likeness (QED) is 0.342. The number of nitrogens with one attached hydrogen (secondary N) is 2. The van der Waals surface area contributed by atoms with E-state index in [1.807, 2.05) is 0 Å². The molecule has 1 aliphatic rings. The lowest BCUT2D eigenvalue weighted by atomic mass is 9.98. The first-order valence-corrected chi connectivity index (χ1v) is 3.53. The minimum Gasteiger partial charge on any atom is -0.356 e. The highest BCUT2D eigenvalue weighted by Crippen LogP contribution is 2.09. The van der Waals surface area contributed by atoms with Crippen LogP contribution >= 0.6 is 0 Å². The number of piperidine rings is 1. The molecule has 0 aromatic heterocycles. The Morgan fingerprint density at radius 3 is 3.20 bits per heavy atom. The summed E-state index contributed by atoms with van der Waals surface area (Å²) in [5, 5.41) is 2.76. The normalized spacial score (nSPS) is 26.1. The van der Waals surface area contributed by atoms with Gasteiger partial charge in [-0.05, 0) is 12.3 Å². The van der Waals surface area contributed by atoms with Crippen LogP contribution in [0.3, 0.4) is 0 Å². The van der Waals surface area contributed by atoms with Gasteiger partial charge < -0.3 is 5.32 Å². The van der Waals surface area contributed by atoms with Gasteiger partial charge in [0.1, 0.15) is 0 Å². The van der Waals surface area contributed by atoms with E-state index in [0.29, 0.717) is 12.3 Å². The fourth-order valence-electron chi connectivity index (χ4n) is 1.19.